The lowest BCUT2D eigenvalue weighted by molar-refractivity contribution is -0.118. The maximum Gasteiger partial charge on any atom is 0.233 e. The standard InChI is InChI=1S/C20H24FN3O5S3/c1-31(26,27)24-9-8-13(12-24)10-17(19(25)23-20-22-11-18(21)30-20)14-2-4-15(5-3-14)32(28,29)16-6-7-16/h2-5,11,13,16-17H,6-10,12H2,1H3,(H,22,23,25)/t13-,17-/m1/s1. The highest BCUT2D eigenvalue weighted by Gasteiger charge is 2.37. The number of halogens is 1. The van der Waals surface area contributed by atoms with Crippen LogP contribution < -0.4 is 5.32 Å². The van der Waals surface area contributed by atoms with Gasteiger partial charge in [-0.25, -0.2) is 26.1 Å². The second kappa shape index (κ2) is 8.81. The lowest BCUT2D eigenvalue weighted by atomic mass is 9.87. The minimum atomic E-state index is -3.34. The van der Waals surface area contributed by atoms with E-state index in [9.17, 15) is 26.0 Å². The largest absolute Gasteiger partial charge is 0.301 e. The molecule has 2 fully saturated rings. The molecular formula is C20H24FN3O5S3. The number of rotatable bonds is 8. The van der Waals surface area contributed by atoms with E-state index in [1.165, 1.54) is 16.4 Å². The van der Waals surface area contributed by atoms with Gasteiger partial charge in [0, 0.05) is 13.1 Å². The first-order valence-corrected chi connectivity index (χ1v) is 14.5. The number of amides is 1. The summed E-state index contributed by atoms with van der Waals surface area (Å²) in [5, 5.41) is 1.91. The van der Waals surface area contributed by atoms with Crippen LogP contribution in [0.1, 0.15) is 37.2 Å². The molecule has 2 aliphatic rings. The van der Waals surface area contributed by atoms with Crippen LogP contribution in [0.25, 0.3) is 0 Å². The van der Waals surface area contributed by atoms with E-state index in [1.807, 2.05) is 0 Å². The zero-order chi connectivity index (χ0) is 23.1. The third kappa shape index (κ3) is 5.19. The summed E-state index contributed by atoms with van der Waals surface area (Å²) in [6.07, 6.45) is 4.51. The van der Waals surface area contributed by atoms with Crippen molar-refractivity contribution >= 4 is 42.2 Å². The van der Waals surface area contributed by atoms with Gasteiger partial charge in [-0.1, -0.05) is 23.5 Å². The molecule has 0 radical (unpaired) electrons. The molecule has 8 nitrogen and oxygen atoms in total. The quantitative estimate of drug-likeness (QED) is 0.595. The molecule has 1 amide bonds. The first kappa shape index (κ1) is 23.3. The first-order chi connectivity index (χ1) is 15.0. The minimum Gasteiger partial charge on any atom is -0.301 e. The van der Waals surface area contributed by atoms with E-state index in [0.29, 0.717) is 55.7 Å². The van der Waals surface area contributed by atoms with Gasteiger partial charge in [0.25, 0.3) is 0 Å². The molecule has 1 aromatic heterocycles. The van der Waals surface area contributed by atoms with E-state index in [2.05, 4.69) is 10.3 Å². The molecule has 0 unspecified atom stereocenters. The number of nitrogens with zero attached hydrogens (tertiary/aromatic N) is 2. The van der Waals surface area contributed by atoms with Crippen LogP contribution in [-0.4, -0.2) is 56.6 Å². The molecule has 2 atom stereocenters. The highest BCUT2D eigenvalue weighted by molar-refractivity contribution is 7.92. The highest BCUT2D eigenvalue weighted by atomic mass is 32.2. The number of sulfonamides is 1. The maximum absolute atomic E-state index is 13.3. The van der Waals surface area contributed by atoms with E-state index >= 15 is 0 Å². The van der Waals surface area contributed by atoms with Crippen molar-refractivity contribution in [1.29, 1.82) is 0 Å². The van der Waals surface area contributed by atoms with Crippen LogP contribution >= 0.6 is 11.3 Å². The fourth-order valence-electron chi connectivity index (χ4n) is 3.98. The van der Waals surface area contributed by atoms with Gasteiger partial charge in [-0.15, -0.1) is 0 Å². The Balaban J connectivity index is 1.56. The molecule has 1 aromatic carbocycles. The molecular weight excluding hydrogens is 477 g/mol. The van der Waals surface area contributed by atoms with Crippen molar-refractivity contribution in [2.24, 2.45) is 5.92 Å². The predicted octanol–water partition coefficient (Wildman–Crippen LogP) is 2.61. The molecule has 1 N–H and O–H groups in total. The summed E-state index contributed by atoms with van der Waals surface area (Å²) < 4.78 is 63.4. The summed E-state index contributed by atoms with van der Waals surface area (Å²) in [6.45, 7) is 0.719. The van der Waals surface area contributed by atoms with E-state index < -0.39 is 36.8 Å². The molecule has 0 spiro atoms. The number of anilines is 1. The van der Waals surface area contributed by atoms with Crippen molar-refractivity contribution in [3.8, 4) is 0 Å². The molecule has 2 aromatic rings. The third-order valence-electron chi connectivity index (χ3n) is 5.88. The molecule has 1 aliphatic heterocycles. The zero-order valence-electron chi connectivity index (χ0n) is 17.4. The van der Waals surface area contributed by atoms with Gasteiger partial charge in [-0.2, -0.15) is 4.39 Å². The van der Waals surface area contributed by atoms with Crippen LogP contribution in [0.2, 0.25) is 0 Å². The van der Waals surface area contributed by atoms with Gasteiger partial charge in [0.2, 0.25) is 15.9 Å². The van der Waals surface area contributed by atoms with Gasteiger partial charge in [0.1, 0.15) is 0 Å². The van der Waals surface area contributed by atoms with E-state index in [0.717, 1.165) is 12.5 Å². The highest BCUT2D eigenvalue weighted by Crippen LogP contribution is 2.35. The smallest absolute Gasteiger partial charge is 0.233 e. The first-order valence-electron chi connectivity index (χ1n) is 10.2. The number of sulfone groups is 1. The normalized spacial score (nSPS) is 20.9. The van der Waals surface area contributed by atoms with Crippen molar-refractivity contribution < 1.29 is 26.0 Å². The second-order valence-electron chi connectivity index (χ2n) is 8.34. The Morgan fingerprint density at radius 3 is 2.44 bits per heavy atom. The molecule has 0 bridgehead atoms. The average Bonchev–Trinajstić information content (AvgIpc) is 3.36. The lowest BCUT2D eigenvalue weighted by Crippen LogP contribution is -2.28. The Morgan fingerprint density at radius 1 is 1.22 bits per heavy atom. The summed E-state index contributed by atoms with van der Waals surface area (Å²) in [4.78, 5) is 17.1. The topological polar surface area (TPSA) is 114 Å². The molecule has 174 valence electrons. The van der Waals surface area contributed by atoms with E-state index in [1.54, 1.807) is 12.1 Å². The van der Waals surface area contributed by atoms with Crippen LogP contribution in [0, 0.1) is 11.0 Å². The molecule has 2 heterocycles. The predicted molar refractivity (Wildman–Crippen MR) is 119 cm³/mol. The molecule has 1 saturated carbocycles. The van der Waals surface area contributed by atoms with Gasteiger partial charge >= 0.3 is 0 Å². The molecule has 12 heteroatoms. The Morgan fingerprint density at radius 2 is 1.91 bits per heavy atom. The van der Waals surface area contributed by atoms with Crippen molar-refractivity contribution in [3.63, 3.8) is 0 Å². The monoisotopic (exact) mass is 501 g/mol. The number of aromatic nitrogens is 1. The number of hydrogen-bond acceptors (Lipinski definition) is 7. The van der Waals surface area contributed by atoms with Gasteiger partial charge in [0.05, 0.1) is 28.5 Å². The summed E-state index contributed by atoms with van der Waals surface area (Å²) in [5.74, 6) is -1.09. The Labute approximate surface area is 190 Å². The number of carbonyl (C=O) groups is 1. The van der Waals surface area contributed by atoms with Crippen LogP contribution in [-0.2, 0) is 24.7 Å². The molecule has 4 rings (SSSR count). The fourth-order valence-corrected chi connectivity index (χ4v) is 7.11. The van der Waals surface area contributed by atoms with Crippen molar-refractivity contribution in [2.45, 2.75) is 41.7 Å². The molecule has 1 saturated heterocycles. The Kier molecular flexibility index (Phi) is 6.40. The number of hydrogen-bond donors (Lipinski definition) is 1. The van der Waals surface area contributed by atoms with Gasteiger partial charge in [-0.05, 0) is 49.3 Å². The van der Waals surface area contributed by atoms with Gasteiger partial charge in [0.15, 0.2) is 20.1 Å². The number of benzene rings is 1. The summed E-state index contributed by atoms with van der Waals surface area (Å²) >= 11 is 0.715. The number of carbonyl (C=O) groups excluding carboxylic acids is 1. The van der Waals surface area contributed by atoms with Crippen LogP contribution in [0.5, 0.6) is 0 Å². The molecule has 1 aliphatic carbocycles. The van der Waals surface area contributed by atoms with Crippen molar-refractivity contribution in [1.82, 2.24) is 9.29 Å². The Bertz CT molecular complexity index is 1210. The lowest BCUT2D eigenvalue weighted by Gasteiger charge is -2.21. The maximum atomic E-state index is 13.3. The van der Waals surface area contributed by atoms with Gasteiger partial charge in [-0.3, -0.25) is 4.79 Å². The van der Waals surface area contributed by atoms with E-state index in [4.69, 9.17) is 0 Å². The summed E-state index contributed by atoms with van der Waals surface area (Å²) in [6, 6.07) is 6.30. The summed E-state index contributed by atoms with van der Waals surface area (Å²) in [5.41, 5.74) is 0.618. The van der Waals surface area contributed by atoms with Crippen LogP contribution in [0.3, 0.4) is 0 Å². The SMILES string of the molecule is CS(=O)(=O)N1CC[C@H](C[C@@H](C(=O)Nc2ncc(F)s2)c2ccc(S(=O)(=O)C3CC3)cc2)C1. The zero-order valence-corrected chi connectivity index (χ0v) is 19.8. The number of thiazole rings is 1. The molecule has 32 heavy (non-hydrogen) atoms. The summed E-state index contributed by atoms with van der Waals surface area (Å²) in [7, 11) is -6.65. The minimum absolute atomic E-state index is 0.0385. The second-order valence-corrected chi connectivity index (χ2v) is 13.5. The number of nitrogens with one attached hydrogen (secondary N) is 1. The average molecular weight is 502 g/mol. The third-order valence-corrected chi connectivity index (χ3v) is 10.1. The van der Waals surface area contributed by atoms with Crippen LogP contribution in [0.4, 0.5) is 9.52 Å². The fraction of sp³-hybridized carbons (Fsp3) is 0.500. The van der Waals surface area contributed by atoms with E-state index in [-0.39, 0.29) is 21.2 Å². The van der Waals surface area contributed by atoms with Crippen molar-refractivity contribution in [2.75, 3.05) is 24.7 Å². The Hall–Kier alpha value is -1.89. The van der Waals surface area contributed by atoms with Crippen molar-refractivity contribution in [3.05, 3.63) is 41.2 Å². The van der Waals surface area contributed by atoms with Crippen LogP contribution in [0.15, 0.2) is 35.4 Å². The van der Waals surface area contributed by atoms with Gasteiger partial charge < -0.3 is 5.32 Å².